The zero-order chi connectivity index (χ0) is 14.5. The van der Waals surface area contributed by atoms with Crippen LogP contribution in [-0.4, -0.2) is 38.9 Å². The van der Waals surface area contributed by atoms with Gasteiger partial charge in [-0.1, -0.05) is 0 Å². The SMILES string of the molecule is CCOCCCNC(N)=NCCCOCc1ccco1. The number of rotatable bonds is 11. The Kier molecular flexibility index (Phi) is 9.34. The molecule has 0 bridgehead atoms. The monoisotopic (exact) mass is 283 g/mol. The topological polar surface area (TPSA) is 82.0 Å². The zero-order valence-corrected chi connectivity index (χ0v) is 12.1. The van der Waals surface area contributed by atoms with Gasteiger partial charge in [-0.25, -0.2) is 0 Å². The molecule has 0 saturated carbocycles. The molecule has 0 fully saturated rings. The summed E-state index contributed by atoms with van der Waals surface area (Å²) in [4.78, 5) is 4.22. The van der Waals surface area contributed by atoms with E-state index in [2.05, 4.69) is 10.3 Å². The quantitative estimate of drug-likeness (QED) is 0.365. The molecule has 6 nitrogen and oxygen atoms in total. The van der Waals surface area contributed by atoms with Crippen LogP contribution in [0.1, 0.15) is 25.5 Å². The van der Waals surface area contributed by atoms with Gasteiger partial charge >= 0.3 is 0 Å². The highest BCUT2D eigenvalue weighted by molar-refractivity contribution is 5.77. The van der Waals surface area contributed by atoms with Crippen molar-refractivity contribution in [1.29, 1.82) is 0 Å². The Morgan fingerprint density at radius 1 is 1.35 bits per heavy atom. The first kappa shape index (κ1) is 16.5. The maximum absolute atomic E-state index is 5.72. The number of guanidine groups is 1. The minimum atomic E-state index is 0.479. The Bertz CT molecular complexity index is 353. The fraction of sp³-hybridized carbons (Fsp3) is 0.643. The lowest BCUT2D eigenvalue weighted by molar-refractivity contribution is 0.105. The molecule has 0 atom stereocenters. The molecule has 0 aliphatic rings. The number of hydrogen-bond acceptors (Lipinski definition) is 4. The normalized spacial score (nSPS) is 11.8. The molecule has 0 aliphatic heterocycles. The standard InChI is InChI=1S/C14H25N3O3/c1-2-18-9-4-7-16-14(15)17-8-5-10-19-12-13-6-3-11-20-13/h3,6,11H,2,4-5,7-10,12H2,1H3,(H3,15,16,17). The van der Waals surface area contributed by atoms with Crippen LogP contribution in [-0.2, 0) is 16.1 Å². The third-order valence-electron chi connectivity index (χ3n) is 2.53. The van der Waals surface area contributed by atoms with Crippen LogP contribution < -0.4 is 11.1 Å². The summed E-state index contributed by atoms with van der Waals surface area (Å²) < 4.78 is 15.8. The van der Waals surface area contributed by atoms with Crippen molar-refractivity contribution in [3.8, 4) is 0 Å². The third-order valence-corrected chi connectivity index (χ3v) is 2.53. The minimum Gasteiger partial charge on any atom is -0.467 e. The molecule has 0 amide bonds. The lowest BCUT2D eigenvalue weighted by Gasteiger charge is -2.05. The second-order valence-electron chi connectivity index (χ2n) is 4.23. The Morgan fingerprint density at radius 2 is 2.20 bits per heavy atom. The summed E-state index contributed by atoms with van der Waals surface area (Å²) in [5.74, 6) is 1.32. The van der Waals surface area contributed by atoms with Gasteiger partial charge in [0.2, 0.25) is 0 Å². The summed E-state index contributed by atoms with van der Waals surface area (Å²) >= 11 is 0. The molecule has 6 heteroatoms. The van der Waals surface area contributed by atoms with Gasteiger partial charge in [-0.2, -0.15) is 0 Å². The average molecular weight is 283 g/mol. The van der Waals surface area contributed by atoms with Crippen molar-refractivity contribution in [2.45, 2.75) is 26.4 Å². The van der Waals surface area contributed by atoms with E-state index >= 15 is 0 Å². The summed E-state index contributed by atoms with van der Waals surface area (Å²) in [5, 5.41) is 3.05. The fourth-order valence-electron chi connectivity index (χ4n) is 1.52. The van der Waals surface area contributed by atoms with E-state index in [1.165, 1.54) is 0 Å². The fourth-order valence-corrected chi connectivity index (χ4v) is 1.52. The number of nitrogens with two attached hydrogens (primary N) is 1. The highest BCUT2D eigenvalue weighted by atomic mass is 16.5. The van der Waals surface area contributed by atoms with Crippen LogP contribution in [0.25, 0.3) is 0 Å². The number of aliphatic imine (C=N–C) groups is 1. The van der Waals surface area contributed by atoms with E-state index in [1.54, 1.807) is 6.26 Å². The van der Waals surface area contributed by atoms with Gasteiger partial charge in [-0.15, -0.1) is 0 Å². The van der Waals surface area contributed by atoms with Gasteiger partial charge in [0.25, 0.3) is 0 Å². The molecule has 114 valence electrons. The lowest BCUT2D eigenvalue weighted by atomic mass is 10.4. The van der Waals surface area contributed by atoms with Crippen LogP contribution in [0.15, 0.2) is 27.8 Å². The first-order valence-corrected chi connectivity index (χ1v) is 7.04. The Hall–Kier alpha value is -1.53. The first-order chi connectivity index (χ1) is 9.83. The van der Waals surface area contributed by atoms with Crippen molar-refractivity contribution < 1.29 is 13.9 Å². The summed E-state index contributed by atoms with van der Waals surface area (Å²) in [6.45, 7) is 6.06. The number of furan rings is 1. The summed E-state index contributed by atoms with van der Waals surface area (Å²) in [5.41, 5.74) is 5.72. The second kappa shape index (κ2) is 11.3. The van der Waals surface area contributed by atoms with Gasteiger partial charge in [0.05, 0.1) is 6.26 Å². The number of ether oxygens (including phenoxy) is 2. The van der Waals surface area contributed by atoms with Crippen molar-refractivity contribution in [3.05, 3.63) is 24.2 Å². The van der Waals surface area contributed by atoms with Crippen molar-refractivity contribution in [2.75, 3.05) is 32.9 Å². The molecule has 0 radical (unpaired) electrons. The molecular formula is C14H25N3O3. The van der Waals surface area contributed by atoms with Crippen molar-refractivity contribution in [3.63, 3.8) is 0 Å². The van der Waals surface area contributed by atoms with Crippen molar-refractivity contribution in [2.24, 2.45) is 10.7 Å². The van der Waals surface area contributed by atoms with Crippen LogP contribution in [0.2, 0.25) is 0 Å². The number of nitrogens with one attached hydrogen (secondary N) is 1. The second-order valence-corrected chi connectivity index (χ2v) is 4.23. The van der Waals surface area contributed by atoms with Gasteiger partial charge in [0.1, 0.15) is 12.4 Å². The van der Waals surface area contributed by atoms with Crippen molar-refractivity contribution in [1.82, 2.24) is 5.32 Å². The Balaban J connectivity index is 1.91. The van der Waals surface area contributed by atoms with Gasteiger partial charge in [0, 0.05) is 32.9 Å². The molecule has 0 spiro atoms. The summed E-state index contributed by atoms with van der Waals surface area (Å²) in [6, 6.07) is 3.74. The van der Waals surface area contributed by atoms with Gasteiger partial charge in [-0.05, 0) is 31.9 Å². The predicted molar refractivity (Wildman–Crippen MR) is 78.6 cm³/mol. The van der Waals surface area contributed by atoms with E-state index in [4.69, 9.17) is 19.6 Å². The van der Waals surface area contributed by atoms with Crippen LogP contribution in [0.5, 0.6) is 0 Å². The molecule has 1 aromatic rings. The van der Waals surface area contributed by atoms with Crippen LogP contribution >= 0.6 is 0 Å². The maximum atomic E-state index is 5.72. The first-order valence-electron chi connectivity index (χ1n) is 7.04. The van der Waals surface area contributed by atoms with E-state index in [0.717, 1.165) is 38.4 Å². The molecular weight excluding hydrogens is 258 g/mol. The van der Waals surface area contributed by atoms with E-state index in [9.17, 15) is 0 Å². The summed E-state index contributed by atoms with van der Waals surface area (Å²) in [7, 11) is 0. The molecule has 3 N–H and O–H groups in total. The van der Waals surface area contributed by atoms with Crippen LogP contribution in [0.3, 0.4) is 0 Å². The van der Waals surface area contributed by atoms with Crippen LogP contribution in [0, 0.1) is 0 Å². The van der Waals surface area contributed by atoms with E-state index < -0.39 is 0 Å². The van der Waals surface area contributed by atoms with Gasteiger partial charge in [0.15, 0.2) is 5.96 Å². The van der Waals surface area contributed by atoms with E-state index in [-0.39, 0.29) is 0 Å². The van der Waals surface area contributed by atoms with Crippen molar-refractivity contribution >= 4 is 5.96 Å². The minimum absolute atomic E-state index is 0.479. The average Bonchev–Trinajstić information content (AvgIpc) is 2.95. The smallest absolute Gasteiger partial charge is 0.188 e. The van der Waals surface area contributed by atoms with Gasteiger partial charge < -0.3 is 24.9 Å². The molecule has 0 unspecified atom stereocenters. The summed E-state index contributed by atoms with van der Waals surface area (Å²) in [6.07, 6.45) is 3.40. The lowest BCUT2D eigenvalue weighted by Crippen LogP contribution is -2.33. The molecule has 1 aromatic heterocycles. The molecule has 0 aliphatic carbocycles. The van der Waals surface area contributed by atoms with E-state index in [0.29, 0.717) is 25.7 Å². The molecule has 20 heavy (non-hydrogen) atoms. The predicted octanol–water partition coefficient (Wildman–Crippen LogP) is 1.52. The van der Waals surface area contributed by atoms with Gasteiger partial charge in [-0.3, -0.25) is 4.99 Å². The Labute approximate surface area is 120 Å². The third kappa shape index (κ3) is 8.55. The number of hydrogen-bond donors (Lipinski definition) is 2. The molecule has 1 heterocycles. The highest BCUT2D eigenvalue weighted by Crippen LogP contribution is 2.01. The largest absolute Gasteiger partial charge is 0.467 e. The number of nitrogens with zero attached hydrogens (tertiary/aromatic N) is 1. The highest BCUT2D eigenvalue weighted by Gasteiger charge is 1.95. The molecule has 0 saturated heterocycles. The van der Waals surface area contributed by atoms with Crippen LogP contribution in [0.4, 0.5) is 0 Å². The zero-order valence-electron chi connectivity index (χ0n) is 12.1. The molecule has 1 rings (SSSR count). The molecule has 0 aromatic carbocycles. The van der Waals surface area contributed by atoms with E-state index in [1.807, 2.05) is 19.1 Å². The maximum Gasteiger partial charge on any atom is 0.188 e. The Morgan fingerprint density at radius 3 is 2.95 bits per heavy atom.